The summed E-state index contributed by atoms with van der Waals surface area (Å²) in [5.41, 5.74) is 4.24. The van der Waals surface area contributed by atoms with E-state index in [0.717, 1.165) is 54.3 Å². The first-order valence-corrected chi connectivity index (χ1v) is 10.8. The highest BCUT2D eigenvalue weighted by molar-refractivity contribution is 6.04. The minimum absolute atomic E-state index is 0.409. The Morgan fingerprint density at radius 3 is 2.47 bits per heavy atom. The molecular weight excluding hydrogens is 373 g/mol. The molecule has 0 radical (unpaired) electrons. The number of hydrogen-bond donors (Lipinski definition) is 2. The molecule has 4 heterocycles. The largest absolute Gasteiger partial charge is 0.350 e. The summed E-state index contributed by atoms with van der Waals surface area (Å²) < 4.78 is 0. The Hall–Kier alpha value is -2.71. The van der Waals surface area contributed by atoms with Crippen molar-refractivity contribution in [1.82, 2.24) is 29.6 Å². The van der Waals surface area contributed by atoms with Gasteiger partial charge in [-0.2, -0.15) is 0 Å². The highest BCUT2D eigenvalue weighted by atomic mass is 15.2. The Labute approximate surface area is 178 Å². The molecule has 2 saturated heterocycles. The number of nitrogens with one attached hydrogen (secondary N) is 2. The molecule has 0 spiro atoms. The van der Waals surface area contributed by atoms with Crippen molar-refractivity contribution in [3.8, 4) is 22.4 Å². The molecule has 1 unspecified atom stereocenters. The fraction of sp³-hybridized carbons (Fsp3) is 0.409. The van der Waals surface area contributed by atoms with E-state index in [1.165, 1.54) is 12.8 Å². The van der Waals surface area contributed by atoms with Gasteiger partial charge in [-0.1, -0.05) is 24.3 Å². The van der Waals surface area contributed by atoms with Crippen molar-refractivity contribution in [2.24, 2.45) is 0 Å². The number of nitrogens with zero attached hydrogens (tertiary/aromatic N) is 5. The van der Waals surface area contributed by atoms with Crippen LogP contribution in [0.5, 0.6) is 0 Å². The molecule has 5 rings (SSSR count). The summed E-state index contributed by atoms with van der Waals surface area (Å²) in [4.78, 5) is 21.9. The number of likely N-dealkylation sites (tertiary alicyclic amines) is 1. The number of imidazole rings is 1. The molecule has 0 bridgehead atoms. The van der Waals surface area contributed by atoms with E-state index in [4.69, 9.17) is 4.98 Å². The van der Waals surface area contributed by atoms with Crippen molar-refractivity contribution in [3.63, 3.8) is 0 Å². The summed E-state index contributed by atoms with van der Waals surface area (Å²) in [7, 11) is 4.32. The lowest BCUT2D eigenvalue weighted by molar-refractivity contribution is 0.307. The van der Waals surface area contributed by atoms with Crippen molar-refractivity contribution in [2.75, 3.05) is 32.0 Å². The maximum atomic E-state index is 4.85. The van der Waals surface area contributed by atoms with Gasteiger partial charge >= 0.3 is 0 Å². The fourth-order valence-electron chi connectivity index (χ4n) is 4.53. The van der Waals surface area contributed by atoms with Crippen LogP contribution in [0.2, 0.25) is 0 Å². The quantitative estimate of drug-likeness (QED) is 0.640. The van der Waals surface area contributed by atoms with Crippen LogP contribution >= 0.6 is 0 Å². The lowest BCUT2D eigenvalue weighted by Gasteiger charge is -2.16. The molecular formula is C22H28BN7. The van der Waals surface area contributed by atoms with Crippen LogP contribution in [-0.4, -0.2) is 70.4 Å². The smallest absolute Gasteiger partial charge is 0.222 e. The van der Waals surface area contributed by atoms with E-state index in [0.29, 0.717) is 18.0 Å². The highest BCUT2D eigenvalue weighted by Crippen LogP contribution is 2.30. The molecule has 154 valence electrons. The molecule has 2 aliphatic rings. The first-order chi connectivity index (χ1) is 14.7. The third kappa shape index (κ3) is 3.97. The third-order valence-corrected chi connectivity index (χ3v) is 6.32. The van der Waals surface area contributed by atoms with E-state index < -0.39 is 0 Å². The van der Waals surface area contributed by atoms with Gasteiger partial charge in [-0.05, 0) is 45.0 Å². The Morgan fingerprint density at radius 2 is 1.80 bits per heavy atom. The summed E-state index contributed by atoms with van der Waals surface area (Å²) in [5, 5.41) is 3.43. The Bertz CT molecular complexity index is 985. The summed E-state index contributed by atoms with van der Waals surface area (Å²) >= 11 is 0. The van der Waals surface area contributed by atoms with Crippen molar-refractivity contribution < 1.29 is 0 Å². The zero-order valence-electron chi connectivity index (χ0n) is 17.7. The molecule has 1 aromatic carbocycles. The van der Waals surface area contributed by atoms with E-state index in [1.807, 2.05) is 18.6 Å². The van der Waals surface area contributed by atoms with Crippen molar-refractivity contribution in [2.45, 2.75) is 31.3 Å². The predicted molar refractivity (Wildman–Crippen MR) is 122 cm³/mol. The molecule has 3 aromatic rings. The van der Waals surface area contributed by atoms with Crippen LogP contribution in [0, 0.1) is 0 Å². The normalized spacial score (nSPS) is 22.6. The number of aromatic nitrogens is 4. The van der Waals surface area contributed by atoms with Gasteiger partial charge in [0.15, 0.2) is 7.98 Å². The van der Waals surface area contributed by atoms with Gasteiger partial charge in [0, 0.05) is 42.3 Å². The van der Waals surface area contributed by atoms with Crippen LogP contribution < -0.4 is 5.32 Å². The monoisotopic (exact) mass is 401 g/mol. The maximum absolute atomic E-state index is 4.85. The Morgan fingerprint density at radius 1 is 1.03 bits per heavy atom. The molecule has 2 aliphatic heterocycles. The molecule has 30 heavy (non-hydrogen) atoms. The van der Waals surface area contributed by atoms with Crippen LogP contribution in [0.25, 0.3) is 22.4 Å². The number of aromatic amines is 1. The average Bonchev–Trinajstić information content (AvgIpc) is 3.50. The first-order valence-electron chi connectivity index (χ1n) is 10.8. The molecule has 2 fully saturated rings. The lowest BCUT2D eigenvalue weighted by atomic mass is 10.1. The first kappa shape index (κ1) is 19.3. The van der Waals surface area contributed by atoms with Gasteiger partial charge in [-0.3, -0.25) is 4.90 Å². The maximum Gasteiger partial charge on any atom is 0.222 e. The van der Waals surface area contributed by atoms with E-state index in [-0.39, 0.29) is 0 Å². The lowest BCUT2D eigenvalue weighted by Crippen LogP contribution is -2.25. The summed E-state index contributed by atoms with van der Waals surface area (Å²) in [6.07, 6.45) is 9.34. The zero-order valence-corrected chi connectivity index (χ0v) is 17.7. The summed E-state index contributed by atoms with van der Waals surface area (Å²) in [6.45, 7) is 3.30. The Balaban J connectivity index is 1.26. The minimum Gasteiger partial charge on any atom is -0.350 e. The summed E-state index contributed by atoms with van der Waals surface area (Å²) in [5.74, 6) is 1.77. The molecule has 2 N–H and O–H groups in total. The number of rotatable bonds is 5. The molecule has 8 heteroatoms. The van der Waals surface area contributed by atoms with E-state index in [2.05, 4.69) is 69.3 Å². The SMILES string of the molecule is BN1CCC(Nc2ncc(-c3ccc(-c4c[nH]c([C@@H]5CCCN5C)n4)cc3)cn2)C1. The summed E-state index contributed by atoms with van der Waals surface area (Å²) in [6, 6.07) is 9.31. The number of anilines is 1. The fourth-order valence-corrected chi connectivity index (χ4v) is 4.53. The van der Waals surface area contributed by atoms with Crippen molar-refractivity contribution in [1.29, 1.82) is 0 Å². The predicted octanol–water partition coefficient (Wildman–Crippen LogP) is 2.33. The van der Waals surface area contributed by atoms with Crippen LogP contribution in [0.1, 0.15) is 31.1 Å². The number of hydrogen-bond acceptors (Lipinski definition) is 6. The number of benzene rings is 1. The second kappa shape index (κ2) is 8.20. The van der Waals surface area contributed by atoms with Gasteiger partial charge in [0.05, 0.1) is 11.7 Å². The van der Waals surface area contributed by atoms with E-state index in [1.54, 1.807) is 0 Å². The standard InChI is InChI=1S/C22H28BN7/c1-29-9-2-3-20(29)21-24-13-19(28-21)16-6-4-15(5-7-16)17-11-25-22(26-12-17)27-18-8-10-30(23)14-18/h4-7,11-13,18,20H,2-3,8-10,14,23H2,1H3,(H,24,28)(H,25,26,27)/t18?,20-/m0/s1. The number of H-pyrrole nitrogens is 1. The minimum atomic E-state index is 0.409. The van der Waals surface area contributed by atoms with Gasteiger partial charge < -0.3 is 15.1 Å². The van der Waals surface area contributed by atoms with Gasteiger partial charge in [-0.15, -0.1) is 0 Å². The van der Waals surface area contributed by atoms with Crippen molar-refractivity contribution in [3.05, 3.63) is 48.7 Å². The molecule has 7 nitrogen and oxygen atoms in total. The molecule has 0 aliphatic carbocycles. The molecule has 2 aromatic heterocycles. The van der Waals surface area contributed by atoms with Gasteiger partial charge in [-0.25, -0.2) is 15.0 Å². The zero-order chi connectivity index (χ0) is 20.5. The van der Waals surface area contributed by atoms with Crippen LogP contribution in [0.3, 0.4) is 0 Å². The Kier molecular flexibility index (Phi) is 5.27. The third-order valence-electron chi connectivity index (χ3n) is 6.32. The topological polar surface area (TPSA) is 73.0 Å². The second-order valence-electron chi connectivity index (χ2n) is 8.57. The van der Waals surface area contributed by atoms with Gasteiger partial charge in [0.2, 0.25) is 5.95 Å². The van der Waals surface area contributed by atoms with Crippen molar-refractivity contribution >= 4 is 13.9 Å². The molecule has 0 saturated carbocycles. The van der Waals surface area contributed by atoms with Gasteiger partial charge in [0.25, 0.3) is 0 Å². The average molecular weight is 401 g/mol. The van der Waals surface area contributed by atoms with E-state index in [9.17, 15) is 0 Å². The highest BCUT2D eigenvalue weighted by Gasteiger charge is 2.25. The van der Waals surface area contributed by atoms with Crippen LogP contribution in [-0.2, 0) is 0 Å². The molecule has 0 amide bonds. The van der Waals surface area contributed by atoms with Crippen LogP contribution in [0.15, 0.2) is 42.9 Å². The van der Waals surface area contributed by atoms with Crippen LogP contribution in [0.4, 0.5) is 5.95 Å². The molecule has 2 atom stereocenters. The van der Waals surface area contributed by atoms with E-state index >= 15 is 0 Å². The second-order valence-corrected chi connectivity index (χ2v) is 8.57. The van der Waals surface area contributed by atoms with Gasteiger partial charge in [0.1, 0.15) is 5.82 Å².